The first-order chi connectivity index (χ1) is 9.47. The molecule has 1 aromatic heterocycles. The van der Waals surface area contributed by atoms with Crippen molar-refractivity contribution in [2.75, 3.05) is 18.0 Å². The van der Waals surface area contributed by atoms with Crippen molar-refractivity contribution in [3.8, 4) is 0 Å². The van der Waals surface area contributed by atoms with Crippen LogP contribution in [0, 0.1) is 17.0 Å². The summed E-state index contributed by atoms with van der Waals surface area (Å²) in [6.07, 6.45) is 0. The van der Waals surface area contributed by atoms with Crippen LogP contribution < -0.4 is 10.5 Å². The predicted octanol–water partition coefficient (Wildman–Crippen LogP) is 2.86. The number of hydrogen-bond acceptors (Lipinski definition) is 5. The van der Waals surface area contributed by atoms with Crippen molar-refractivity contribution < 1.29 is 9.34 Å². The van der Waals surface area contributed by atoms with E-state index in [-0.39, 0.29) is 5.69 Å². The van der Waals surface area contributed by atoms with Gasteiger partial charge >= 0.3 is 5.63 Å². The van der Waals surface area contributed by atoms with Crippen molar-refractivity contribution in [3.63, 3.8) is 0 Å². The van der Waals surface area contributed by atoms with Gasteiger partial charge in [-0.15, -0.1) is 0 Å². The number of nitro benzene ring substituents is 1. The van der Waals surface area contributed by atoms with Crippen molar-refractivity contribution in [1.29, 1.82) is 0 Å². The fraction of sp³-hybridized carbons (Fsp3) is 0.357. The molecule has 0 saturated carbocycles. The maximum absolute atomic E-state index is 11.4. The van der Waals surface area contributed by atoms with Crippen LogP contribution in [0.4, 0.5) is 11.4 Å². The lowest BCUT2D eigenvalue weighted by atomic mass is 10.1. The Morgan fingerprint density at radius 3 is 2.45 bits per heavy atom. The van der Waals surface area contributed by atoms with Crippen LogP contribution in [0.25, 0.3) is 11.0 Å². The largest absolute Gasteiger partial charge is 0.423 e. The lowest BCUT2D eigenvalue weighted by molar-refractivity contribution is -0.384. The predicted molar refractivity (Wildman–Crippen MR) is 77.4 cm³/mol. The molecule has 2 rings (SSSR count). The van der Waals surface area contributed by atoms with E-state index in [1.165, 1.54) is 12.1 Å². The quantitative estimate of drug-likeness (QED) is 0.487. The molecule has 0 aliphatic rings. The second kappa shape index (κ2) is 5.32. The van der Waals surface area contributed by atoms with Gasteiger partial charge < -0.3 is 9.32 Å². The van der Waals surface area contributed by atoms with Gasteiger partial charge in [-0.25, -0.2) is 4.79 Å². The average Bonchev–Trinajstić information content (AvgIpc) is 2.38. The Hall–Kier alpha value is -2.37. The van der Waals surface area contributed by atoms with Gasteiger partial charge in [0.1, 0.15) is 11.3 Å². The molecule has 0 bridgehead atoms. The Balaban J connectivity index is 2.82. The van der Waals surface area contributed by atoms with Crippen LogP contribution in [-0.4, -0.2) is 18.0 Å². The Morgan fingerprint density at radius 1 is 1.25 bits per heavy atom. The minimum Gasteiger partial charge on any atom is -0.423 e. The van der Waals surface area contributed by atoms with Crippen LogP contribution in [0.2, 0.25) is 0 Å². The fourth-order valence-corrected chi connectivity index (χ4v) is 2.31. The number of aryl methyl sites for hydroxylation is 1. The smallest absolute Gasteiger partial charge is 0.336 e. The first-order valence-electron chi connectivity index (χ1n) is 6.45. The summed E-state index contributed by atoms with van der Waals surface area (Å²) in [6.45, 7) is 6.85. The molecule has 0 atom stereocenters. The molecule has 1 aromatic carbocycles. The van der Waals surface area contributed by atoms with E-state index in [0.29, 0.717) is 35.3 Å². The van der Waals surface area contributed by atoms with E-state index >= 15 is 0 Å². The third-order valence-corrected chi connectivity index (χ3v) is 3.35. The van der Waals surface area contributed by atoms with Crippen LogP contribution in [-0.2, 0) is 0 Å². The van der Waals surface area contributed by atoms with Crippen molar-refractivity contribution in [2.45, 2.75) is 20.8 Å². The van der Waals surface area contributed by atoms with Crippen LogP contribution in [0.5, 0.6) is 0 Å². The van der Waals surface area contributed by atoms with E-state index in [9.17, 15) is 14.9 Å². The third-order valence-electron chi connectivity index (χ3n) is 3.35. The molecule has 0 unspecified atom stereocenters. The fourth-order valence-electron chi connectivity index (χ4n) is 2.31. The van der Waals surface area contributed by atoms with E-state index in [4.69, 9.17) is 4.42 Å². The highest BCUT2D eigenvalue weighted by Gasteiger charge is 2.20. The first kappa shape index (κ1) is 14.0. The molecule has 106 valence electrons. The molecule has 0 saturated heterocycles. The van der Waals surface area contributed by atoms with E-state index in [1.54, 1.807) is 13.0 Å². The molecular weight excluding hydrogens is 260 g/mol. The van der Waals surface area contributed by atoms with Gasteiger partial charge in [0.15, 0.2) is 0 Å². The average molecular weight is 276 g/mol. The van der Waals surface area contributed by atoms with Gasteiger partial charge in [0, 0.05) is 36.7 Å². The van der Waals surface area contributed by atoms with Gasteiger partial charge in [0.05, 0.1) is 4.92 Å². The lowest BCUT2D eigenvalue weighted by Gasteiger charge is -2.21. The molecule has 20 heavy (non-hydrogen) atoms. The Morgan fingerprint density at radius 2 is 1.90 bits per heavy atom. The SMILES string of the molecule is CCN(CC)c1cc2oc(=O)cc(C)c2cc1[N+](=O)[O-]. The van der Waals surface area contributed by atoms with Gasteiger partial charge in [-0.3, -0.25) is 10.1 Å². The van der Waals surface area contributed by atoms with Gasteiger partial charge in [-0.2, -0.15) is 0 Å². The minimum absolute atomic E-state index is 0.0261. The second-order valence-corrected chi connectivity index (χ2v) is 4.51. The molecular formula is C14H16N2O4. The Labute approximate surface area is 115 Å². The zero-order valence-corrected chi connectivity index (χ0v) is 11.7. The highest BCUT2D eigenvalue weighted by Crippen LogP contribution is 2.33. The maximum atomic E-state index is 11.4. The monoisotopic (exact) mass is 276 g/mol. The zero-order chi connectivity index (χ0) is 14.9. The number of hydrogen-bond donors (Lipinski definition) is 0. The lowest BCUT2D eigenvalue weighted by Crippen LogP contribution is -2.22. The number of nitrogens with zero attached hydrogens (tertiary/aromatic N) is 2. The summed E-state index contributed by atoms with van der Waals surface area (Å²) in [5.41, 5.74) is 1.10. The van der Waals surface area contributed by atoms with Crippen molar-refractivity contribution in [3.05, 3.63) is 44.3 Å². The molecule has 0 amide bonds. The summed E-state index contributed by atoms with van der Waals surface area (Å²) >= 11 is 0. The van der Waals surface area contributed by atoms with Crippen molar-refractivity contribution >= 4 is 22.3 Å². The zero-order valence-electron chi connectivity index (χ0n) is 11.7. The number of rotatable bonds is 4. The van der Waals surface area contributed by atoms with Crippen LogP contribution in [0.3, 0.4) is 0 Å². The van der Waals surface area contributed by atoms with Crippen LogP contribution in [0.1, 0.15) is 19.4 Å². The normalized spacial score (nSPS) is 10.8. The van der Waals surface area contributed by atoms with Crippen LogP contribution in [0.15, 0.2) is 27.4 Å². The summed E-state index contributed by atoms with van der Waals surface area (Å²) in [5.74, 6) is 0. The molecule has 6 nitrogen and oxygen atoms in total. The summed E-state index contributed by atoms with van der Waals surface area (Å²) in [4.78, 5) is 24.2. The number of benzene rings is 1. The molecule has 0 radical (unpaired) electrons. The highest BCUT2D eigenvalue weighted by molar-refractivity contribution is 5.88. The molecule has 0 aliphatic heterocycles. The molecule has 0 fully saturated rings. The van der Waals surface area contributed by atoms with Crippen molar-refractivity contribution in [1.82, 2.24) is 0 Å². The van der Waals surface area contributed by atoms with Gasteiger partial charge in [-0.1, -0.05) is 0 Å². The van der Waals surface area contributed by atoms with Crippen LogP contribution >= 0.6 is 0 Å². The minimum atomic E-state index is -0.450. The number of anilines is 1. The number of fused-ring (bicyclic) bond motifs is 1. The topological polar surface area (TPSA) is 76.6 Å². The first-order valence-corrected chi connectivity index (χ1v) is 6.45. The molecule has 6 heteroatoms. The summed E-state index contributed by atoms with van der Waals surface area (Å²) in [5, 5.41) is 11.9. The number of nitro groups is 1. The second-order valence-electron chi connectivity index (χ2n) is 4.51. The van der Waals surface area contributed by atoms with Gasteiger partial charge in [-0.05, 0) is 26.3 Å². The van der Waals surface area contributed by atoms with E-state index in [2.05, 4.69) is 0 Å². The summed E-state index contributed by atoms with van der Waals surface area (Å²) in [7, 11) is 0. The van der Waals surface area contributed by atoms with E-state index in [1.807, 2.05) is 18.7 Å². The summed E-state index contributed by atoms with van der Waals surface area (Å²) in [6, 6.07) is 4.39. The molecule has 2 aromatic rings. The van der Waals surface area contributed by atoms with Gasteiger partial charge in [0.25, 0.3) is 5.69 Å². The molecule has 0 spiro atoms. The van der Waals surface area contributed by atoms with Crippen molar-refractivity contribution in [2.24, 2.45) is 0 Å². The van der Waals surface area contributed by atoms with Gasteiger partial charge in [0.2, 0.25) is 0 Å². The standard InChI is InChI=1S/C14H16N2O4/c1-4-15(5-2)11-8-13-10(7-12(11)16(18)19)9(3)6-14(17)20-13/h6-8H,4-5H2,1-3H3. The summed E-state index contributed by atoms with van der Waals surface area (Å²) < 4.78 is 5.15. The Kier molecular flexibility index (Phi) is 3.74. The molecule has 0 aliphatic carbocycles. The van der Waals surface area contributed by atoms with E-state index < -0.39 is 10.5 Å². The maximum Gasteiger partial charge on any atom is 0.336 e. The van der Waals surface area contributed by atoms with E-state index in [0.717, 1.165) is 0 Å². The molecule has 0 N–H and O–H groups in total. The third kappa shape index (κ3) is 2.36. The highest BCUT2D eigenvalue weighted by atomic mass is 16.6. The molecule has 1 heterocycles. The Bertz CT molecular complexity index is 717.